The fraction of sp³-hybridized carbons (Fsp3) is 0.333. The van der Waals surface area contributed by atoms with Crippen LogP contribution in [0.4, 0.5) is 5.69 Å². The number of anilines is 1. The molecule has 1 aliphatic heterocycles. The van der Waals surface area contributed by atoms with Crippen molar-refractivity contribution in [3.63, 3.8) is 0 Å². The van der Waals surface area contributed by atoms with Crippen molar-refractivity contribution in [1.29, 1.82) is 0 Å². The van der Waals surface area contributed by atoms with E-state index in [-0.39, 0.29) is 22.8 Å². The number of rotatable bonds is 6. The number of carboxylic acids is 1. The van der Waals surface area contributed by atoms with Crippen molar-refractivity contribution >= 4 is 27.6 Å². The minimum absolute atomic E-state index is 0.0810. The molecule has 27 heavy (non-hydrogen) atoms. The average molecular weight is 392 g/mol. The van der Waals surface area contributed by atoms with Gasteiger partial charge in [0, 0.05) is 24.3 Å². The summed E-state index contributed by atoms with van der Waals surface area (Å²) in [4.78, 5) is 25.7. The second-order valence-corrected chi connectivity index (χ2v) is 8.05. The Balaban J connectivity index is 2.00. The van der Waals surface area contributed by atoms with E-state index in [1.807, 2.05) is 0 Å². The van der Waals surface area contributed by atoms with Gasteiger partial charge in [0.2, 0.25) is 10.0 Å². The zero-order valence-corrected chi connectivity index (χ0v) is 15.8. The van der Waals surface area contributed by atoms with E-state index in [9.17, 15) is 18.0 Å². The van der Waals surface area contributed by atoms with Crippen molar-refractivity contribution in [3.8, 4) is 0 Å². The highest BCUT2D eigenvalue weighted by atomic mass is 32.2. The first-order chi connectivity index (χ1) is 12.7. The van der Waals surface area contributed by atoms with E-state index in [2.05, 4.69) is 4.72 Å². The van der Waals surface area contributed by atoms with Crippen LogP contribution in [0.5, 0.6) is 0 Å². The van der Waals surface area contributed by atoms with Crippen LogP contribution in [0.15, 0.2) is 33.8 Å². The van der Waals surface area contributed by atoms with Gasteiger partial charge in [-0.3, -0.25) is 9.59 Å². The summed E-state index contributed by atoms with van der Waals surface area (Å²) >= 11 is 0. The number of hydrogen-bond donors (Lipinski definition) is 2. The van der Waals surface area contributed by atoms with Gasteiger partial charge in [0.15, 0.2) is 0 Å². The van der Waals surface area contributed by atoms with Gasteiger partial charge in [-0.05, 0) is 31.0 Å². The fourth-order valence-electron chi connectivity index (χ4n) is 3.20. The molecule has 1 aromatic heterocycles. The largest absolute Gasteiger partial charge is 0.481 e. The van der Waals surface area contributed by atoms with Crippen LogP contribution < -0.4 is 9.62 Å². The highest BCUT2D eigenvalue weighted by molar-refractivity contribution is 7.89. The topological polar surface area (TPSA) is 117 Å². The van der Waals surface area contributed by atoms with Gasteiger partial charge in [-0.2, -0.15) is 0 Å². The number of carbonyl (C=O) groups excluding carboxylic acids is 1. The van der Waals surface area contributed by atoms with Gasteiger partial charge in [0.25, 0.3) is 5.91 Å². The minimum atomic E-state index is -3.65. The smallest absolute Gasteiger partial charge is 0.311 e. The summed E-state index contributed by atoms with van der Waals surface area (Å²) < 4.78 is 32.2. The van der Waals surface area contributed by atoms with Crippen molar-refractivity contribution in [1.82, 2.24) is 4.72 Å². The Hall–Kier alpha value is -2.65. The molecule has 2 N–H and O–H groups in total. The lowest BCUT2D eigenvalue weighted by Gasteiger charge is -2.18. The van der Waals surface area contributed by atoms with Gasteiger partial charge in [-0.1, -0.05) is 13.0 Å². The number of hydrogen-bond acceptors (Lipinski definition) is 5. The SMILES string of the molecule is CCNS(=O)(=O)c1ccc2c(c1)N(C(=O)c1c(C)coc1CC(=O)O)CC2. The van der Waals surface area contributed by atoms with E-state index in [4.69, 9.17) is 9.52 Å². The van der Waals surface area contributed by atoms with E-state index >= 15 is 0 Å². The van der Waals surface area contributed by atoms with Gasteiger partial charge in [-0.25, -0.2) is 13.1 Å². The number of furan rings is 1. The lowest BCUT2D eigenvalue weighted by molar-refractivity contribution is -0.136. The monoisotopic (exact) mass is 392 g/mol. The first-order valence-electron chi connectivity index (χ1n) is 8.47. The lowest BCUT2D eigenvalue weighted by Crippen LogP contribution is -2.30. The number of carboxylic acid groups (broad SMARTS) is 1. The van der Waals surface area contributed by atoms with Crippen LogP contribution in [-0.2, 0) is 27.7 Å². The molecule has 0 saturated heterocycles. The third-order valence-electron chi connectivity index (χ3n) is 4.42. The number of amides is 1. The molecule has 1 amide bonds. The van der Waals surface area contributed by atoms with Crippen LogP contribution in [0.3, 0.4) is 0 Å². The van der Waals surface area contributed by atoms with Crippen LogP contribution in [0.25, 0.3) is 0 Å². The molecule has 0 radical (unpaired) electrons. The summed E-state index contributed by atoms with van der Waals surface area (Å²) in [5.41, 5.74) is 2.13. The lowest BCUT2D eigenvalue weighted by atomic mass is 10.1. The number of aryl methyl sites for hydroxylation is 1. The van der Waals surface area contributed by atoms with Crippen LogP contribution in [0.2, 0.25) is 0 Å². The van der Waals surface area contributed by atoms with Crippen LogP contribution in [-0.4, -0.2) is 38.5 Å². The number of fused-ring (bicyclic) bond motifs is 1. The molecular weight excluding hydrogens is 372 g/mol. The Morgan fingerprint density at radius 1 is 1.33 bits per heavy atom. The normalized spacial score (nSPS) is 13.6. The van der Waals surface area contributed by atoms with Crippen molar-refractivity contribution in [2.24, 2.45) is 0 Å². The molecule has 144 valence electrons. The van der Waals surface area contributed by atoms with Gasteiger partial charge in [0.1, 0.15) is 12.2 Å². The zero-order valence-electron chi connectivity index (χ0n) is 15.0. The molecule has 2 heterocycles. The highest BCUT2D eigenvalue weighted by Crippen LogP contribution is 2.33. The maximum absolute atomic E-state index is 13.1. The zero-order chi connectivity index (χ0) is 19.8. The van der Waals surface area contributed by atoms with Crippen LogP contribution >= 0.6 is 0 Å². The van der Waals surface area contributed by atoms with Gasteiger partial charge in [0.05, 0.1) is 16.7 Å². The molecule has 0 saturated carbocycles. The molecule has 3 rings (SSSR count). The second-order valence-electron chi connectivity index (χ2n) is 6.29. The molecule has 0 atom stereocenters. The molecule has 1 aliphatic rings. The van der Waals surface area contributed by atoms with Crippen LogP contribution in [0.1, 0.15) is 34.2 Å². The molecule has 9 heteroatoms. The highest BCUT2D eigenvalue weighted by Gasteiger charge is 2.31. The summed E-state index contributed by atoms with van der Waals surface area (Å²) in [6.07, 6.45) is 1.55. The Morgan fingerprint density at radius 3 is 2.74 bits per heavy atom. The molecule has 0 spiro atoms. The quantitative estimate of drug-likeness (QED) is 0.773. The van der Waals surface area contributed by atoms with E-state index in [0.717, 1.165) is 5.56 Å². The van der Waals surface area contributed by atoms with E-state index in [1.165, 1.54) is 23.3 Å². The fourth-order valence-corrected chi connectivity index (χ4v) is 4.26. The third kappa shape index (κ3) is 3.60. The molecule has 0 unspecified atom stereocenters. The average Bonchev–Trinajstić information content (AvgIpc) is 3.17. The predicted molar refractivity (Wildman–Crippen MR) is 97.5 cm³/mol. The summed E-state index contributed by atoms with van der Waals surface area (Å²) in [5.74, 6) is -1.40. The van der Waals surface area contributed by atoms with Crippen molar-refractivity contribution in [2.45, 2.75) is 31.6 Å². The summed E-state index contributed by atoms with van der Waals surface area (Å²) in [6, 6.07) is 4.70. The Bertz CT molecular complexity index is 1010. The minimum Gasteiger partial charge on any atom is -0.481 e. The summed E-state index contributed by atoms with van der Waals surface area (Å²) in [7, 11) is -3.65. The van der Waals surface area contributed by atoms with E-state index in [0.29, 0.717) is 24.2 Å². The van der Waals surface area contributed by atoms with E-state index < -0.39 is 28.3 Å². The molecular formula is C18H20N2O6S. The standard InChI is InChI=1S/C18H20N2O6S/c1-3-19-27(24,25)13-5-4-12-6-7-20(14(12)8-13)18(23)17-11(2)10-26-15(17)9-16(21)22/h4-5,8,10,19H,3,6-7,9H2,1-2H3,(H,21,22). The first kappa shape index (κ1) is 19.1. The molecule has 0 bridgehead atoms. The van der Waals surface area contributed by atoms with Crippen molar-refractivity contribution in [3.05, 3.63) is 46.9 Å². The van der Waals surface area contributed by atoms with Gasteiger partial charge in [-0.15, -0.1) is 0 Å². The number of nitrogens with zero attached hydrogens (tertiary/aromatic N) is 1. The summed E-state index contributed by atoms with van der Waals surface area (Å²) in [6.45, 7) is 4.00. The first-order valence-corrected chi connectivity index (χ1v) is 9.96. The molecule has 1 aromatic carbocycles. The number of aliphatic carboxylic acids is 1. The molecule has 0 aliphatic carbocycles. The van der Waals surface area contributed by atoms with Gasteiger partial charge >= 0.3 is 5.97 Å². The Morgan fingerprint density at radius 2 is 2.07 bits per heavy atom. The number of carbonyl (C=O) groups is 2. The molecule has 0 fully saturated rings. The van der Waals surface area contributed by atoms with Crippen molar-refractivity contribution < 1.29 is 27.5 Å². The number of nitrogens with one attached hydrogen (secondary N) is 1. The predicted octanol–water partition coefficient (Wildman–Crippen LogP) is 1.72. The Kier molecular flexibility index (Phi) is 5.07. The number of benzene rings is 1. The van der Waals surface area contributed by atoms with Gasteiger partial charge < -0.3 is 14.4 Å². The third-order valence-corrected chi connectivity index (χ3v) is 5.96. The molecule has 2 aromatic rings. The van der Waals surface area contributed by atoms with E-state index in [1.54, 1.807) is 19.9 Å². The van der Waals surface area contributed by atoms with Crippen LogP contribution in [0, 0.1) is 6.92 Å². The second kappa shape index (κ2) is 7.16. The van der Waals surface area contributed by atoms with Crippen molar-refractivity contribution in [2.75, 3.05) is 18.0 Å². The summed E-state index contributed by atoms with van der Waals surface area (Å²) in [5, 5.41) is 9.02. The maximum atomic E-state index is 13.1. The maximum Gasteiger partial charge on any atom is 0.311 e. The molecule has 8 nitrogen and oxygen atoms in total. The Labute approximate surface area is 156 Å². The number of sulfonamides is 1.